The summed E-state index contributed by atoms with van der Waals surface area (Å²) in [5, 5.41) is 9.08. The number of aromatic amines is 1. The van der Waals surface area contributed by atoms with Crippen LogP contribution in [0.5, 0.6) is 17.2 Å². The number of carbonyl (C=O) groups is 2. The normalized spacial score (nSPS) is 11.5. The maximum absolute atomic E-state index is 14.6. The summed E-state index contributed by atoms with van der Waals surface area (Å²) in [5.74, 6) is -1.09. The second-order valence-electron chi connectivity index (χ2n) is 6.97. The van der Waals surface area contributed by atoms with Gasteiger partial charge in [-0.2, -0.15) is 5.10 Å². The number of hydrogen-bond donors (Lipinski definition) is 2. The molecule has 0 saturated heterocycles. The number of ether oxygens (including phenoxy) is 4. The predicted octanol–water partition coefficient (Wildman–Crippen LogP) is 4.18. The number of benzene rings is 2. The lowest BCUT2D eigenvalue weighted by molar-refractivity contribution is 0.0525. The Morgan fingerprint density at radius 3 is 2.58 bits per heavy atom. The average Bonchev–Trinajstić information content (AvgIpc) is 3.28. The van der Waals surface area contributed by atoms with Crippen molar-refractivity contribution < 1.29 is 32.9 Å². The molecule has 1 unspecified atom stereocenters. The van der Waals surface area contributed by atoms with Crippen LogP contribution in [0.2, 0.25) is 0 Å². The van der Waals surface area contributed by atoms with E-state index < -0.39 is 17.7 Å². The fraction of sp³-hybridized carbons (Fsp3) is 0.261. The fourth-order valence-electron chi connectivity index (χ4n) is 2.90. The molecule has 2 aromatic carbocycles. The first-order chi connectivity index (χ1) is 15.9. The van der Waals surface area contributed by atoms with Crippen LogP contribution in [0.25, 0.3) is 0 Å². The van der Waals surface area contributed by atoms with E-state index in [1.165, 1.54) is 36.5 Å². The monoisotopic (exact) mass is 457 g/mol. The van der Waals surface area contributed by atoms with Crippen molar-refractivity contribution in [2.75, 3.05) is 25.6 Å². The van der Waals surface area contributed by atoms with Crippen molar-refractivity contribution in [1.82, 2.24) is 10.2 Å². The zero-order valence-corrected chi connectivity index (χ0v) is 18.4. The first-order valence-corrected chi connectivity index (χ1v) is 10.2. The third kappa shape index (κ3) is 6.53. The lowest BCUT2D eigenvalue weighted by Crippen LogP contribution is -2.18. The molecule has 0 aliphatic carbocycles. The number of esters is 1. The SMILES string of the molecule is CCOC(=O)c1ccc(Oc2cc(OC(C)COC)cc(C(=O)Nc3ccn[nH]3)c2)c(F)c1. The number of carbonyl (C=O) groups excluding carboxylic acids is 2. The zero-order valence-electron chi connectivity index (χ0n) is 18.4. The zero-order chi connectivity index (χ0) is 23.8. The number of amides is 1. The number of aromatic nitrogens is 2. The predicted molar refractivity (Wildman–Crippen MR) is 117 cm³/mol. The van der Waals surface area contributed by atoms with Crippen molar-refractivity contribution in [3.8, 4) is 17.2 Å². The molecule has 0 radical (unpaired) electrons. The Bertz CT molecular complexity index is 1100. The van der Waals surface area contributed by atoms with Gasteiger partial charge in [-0.1, -0.05) is 0 Å². The van der Waals surface area contributed by atoms with E-state index in [2.05, 4.69) is 15.5 Å². The van der Waals surface area contributed by atoms with Gasteiger partial charge in [0.05, 0.1) is 25.0 Å². The lowest BCUT2D eigenvalue weighted by atomic mass is 10.1. The van der Waals surface area contributed by atoms with E-state index in [9.17, 15) is 14.0 Å². The highest BCUT2D eigenvalue weighted by Gasteiger charge is 2.16. The van der Waals surface area contributed by atoms with Crippen molar-refractivity contribution >= 4 is 17.7 Å². The third-order valence-electron chi connectivity index (χ3n) is 4.30. The van der Waals surface area contributed by atoms with Crippen LogP contribution in [0.1, 0.15) is 34.6 Å². The summed E-state index contributed by atoms with van der Waals surface area (Å²) in [4.78, 5) is 24.5. The highest BCUT2D eigenvalue weighted by atomic mass is 19.1. The van der Waals surface area contributed by atoms with Gasteiger partial charge in [0.15, 0.2) is 11.6 Å². The van der Waals surface area contributed by atoms with Gasteiger partial charge < -0.3 is 24.3 Å². The van der Waals surface area contributed by atoms with E-state index in [-0.39, 0.29) is 35.3 Å². The molecule has 174 valence electrons. The molecule has 1 atom stereocenters. The van der Waals surface area contributed by atoms with E-state index in [0.29, 0.717) is 18.2 Å². The quantitative estimate of drug-likeness (QED) is 0.439. The molecule has 10 heteroatoms. The molecule has 0 fully saturated rings. The largest absolute Gasteiger partial charge is 0.488 e. The molecule has 3 aromatic rings. The highest BCUT2D eigenvalue weighted by molar-refractivity contribution is 6.04. The highest BCUT2D eigenvalue weighted by Crippen LogP contribution is 2.30. The van der Waals surface area contributed by atoms with Crippen LogP contribution in [-0.2, 0) is 9.47 Å². The van der Waals surface area contributed by atoms with Crippen molar-refractivity contribution in [2.45, 2.75) is 20.0 Å². The van der Waals surface area contributed by atoms with Gasteiger partial charge in [0, 0.05) is 24.8 Å². The molecule has 1 heterocycles. The van der Waals surface area contributed by atoms with Crippen LogP contribution in [0, 0.1) is 5.82 Å². The van der Waals surface area contributed by atoms with Gasteiger partial charge in [-0.3, -0.25) is 9.89 Å². The molecule has 0 aliphatic heterocycles. The topological polar surface area (TPSA) is 112 Å². The van der Waals surface area contributed by atoms with E-state index >= 15 is 0 Å². The maximum Gasteiger partial charge on any atom is 0.338 e. The summed E-state index contributed by atoms with van der Waals surface area (Å²) >= 11 is 0. The van der Waals surface area contributed by atoms with Crippen LogP contribution in [0.4, 0.5) is 10.2 Å². The van der Waals surface area contributed by atoms with Gasteiger partial charge in [0.2, 0.25) is 0 Å². The number of H-pyrrole nitrogens is 1. The van der Waals surface area contributed by atoms with Gasteiger partial charge in [0.25, 0.3) is 5.91 Å². The van der Waals surface area contributed by atoms with Crippen molar-refractivity contribution in [3.05, 3.63) is 65.6 Å². The van der Waals surface area contributed by atoms with Gasteiger partial charge in [-0.25, -0.2) is 9.18 Å². The Morgan fingerprint density at radius 1 is 1.12 bits per heavy atom. The van der Waals surface area contributed by atoms with E-state index in [1.54, 1.807) is 27.0 Å². The maximum atomic E-state index is 14.6. The molecule has 0 aliphatic rings. The minimum absolute atomic E-state index is 0.0619. The summed E-state index contributed by atoms with van der Waals surface area (Å²) < 4.78 is 36.0. The smallest absolute Gasteiger partial charge is 0.338 e. The third-order valence-corrected chi connectivity index (χ3v) is 4.30. The minimum atomic E-state index is -0.761. The summed E-state index contributed by atoms with van der Waals surface area (Å²) in [7, 11) is 1.55. The number of nitrogens with one attached hydrogen (secondary N) is 2. The second-order valence-corrected chi connectivity index (χ2v) is 6.97. The van der Waals surface area contributed by atoms with E-state index in [1.807, 2.05) is 0 Å². The Kier molecular flexibility index (Phi) is 7.98. The summed E-state index contributed by atoms with van der Waals surface area (Å²) in [6, 6.07) is 9.83. The van der Waals surface area contributed by atoms with Crippen LogP contribution in [0.3, 0.4) is 0 Å². The van der Waals surface area contributed by atoms with Crippen molar-refractivity contribution in [3.63, 3.8) is 0 Å². The number of halogens is 1. The van der Waals surface area contributed by atoms with Crippen LogP contribution in [0.15, 0.2) is 48.7 Å². The van der Waals surface area contributed by atoms with Gasteiger partial charge in [-0.05, 0) is 44.2 Å². The molecule has 0 bridgehead atoms. The van der Waals surface area contributed by atoms with Crippen molar-refractivity contribution in [2.24, 2.45) is 0 Å². The van der Waals surface area contributed by atoms with Gasteiger partial charge in [0.1, 0.15) is 23.4 Å². The number of hydrogen-bond acceptors (Lipinski definition) is 7. The molecule has 1 amide bonds. The van der Waals surface area contributed by atoms with Crippen molar-refractivity contribution in [1.29, 1.82) is 0 Å². The number of methoxy groups -OCH3 is 1. The molecule has 2 N–H and O–H groups in total. The van der Waals surface area contributed by atoms with Crippen LogP contribution < -0.4 is 14.8 Å². The standard InChI is InChI=1S/C23H24FN3O6/c1-4-31-23(29)15-5-6-20(19(24)11-15)33-18-10-16(22(28)26-21-7-8-25-27-21)9-17(12-18)32-14(2)13-30-3/h5-12,14H,4,13H2,1-3H3,(H2,25,26,27,28). The van der Waals surface area contributed by atoms with Gasteiger partial charge in [-0.15, -0.1) is 0 Å². The summed E-state index contributed by atoms with van der Waals surface area (Å²) in [5.41, 5.74) is 0.275. The fourth-order valence-corrected chi connectivity index (χ4v) is 2.90. The molecule has 0 saturated carbocycles. The van der Waals surface area contributed by atoms with E-state index in [0.717, 1.165) is 6.07 Å². The molecular weight excluding hydrogens is 433 g/mol. The minimum Gasteiger partial charge on any atom is -0.488 e. The molecular formula is C23H24FN3O6. The Hall–Kier alpha value is -3.92. The molecule has 33 heavy (non-hydrogen) atoms. The summed E-state index contributed by atoms with van der Waals surface area (Å²) in [6.07, 6.45) is 1.19. The first-order valence-electron chi connectivity index (χ1n) is 10.2. The first kappa shape index (κ1) is 23.7. The summed E-state index contributed by atoms with van der Waals surface area (Å²) in [6.45, 7) is 3.96. The molecule has 0 spiro atoms. The number of rotatable bonds is 10. The lowest BCUT2D eigenvalue weighted by Gasteiger charge is -2.16. The molecule has 9 nitrogen and oxygen atoms in total. The Morgan fingerprint density at radius 2 is 1.91 bits per heavy atom. The second kappa shape index (κ2) is 11.1. The molecule has 3 rings (SSSR count). The van der Waals surface area contributed by atoms with Crippen LogP contribution >= 0.6 is 0 Å². The van der Waals surface area contributed by atoms with E-state index in [4.69, 9.17) is 18.9 Å². The van der Waals surface area contributed by atoms with Gasteiger partial charge >= 0.3 is 5.97 Å². The average molecular weight is 457 g/mol. The number of anilines is 1. The van der Waals surface area contributed by atoms with Crippen LogP contribution in [-0.4, -0.2) is 48.5 Å². The molecule has 1 aromatic heterocycles. The number of nitrogens with zero attached hydrogens (tertiary/aromatic N) is 1. The Balaban J connectivity index is 1.88. The Labute approximate surface area is 189 Å².